The van der Waals surface area contributed by atoms with Gasteiger partial charge < -0.3 is 0 Å². The molecular formula is C21H12N2. The van der Waals surface area contributed by atoms with E-state index in [0.29, 0.717) is 0 Å². The Morgan fingerprint density at radius 1 is 0.609 bits per heavy atom. The van der Waals surface area contributed by atoms with Gasteiger partial charge in [-0.15, -0.1) is 0 Å². The zero-order valence-electron chi connectivity index (χ0n) is 12.3. The molecule has 0 aliphatic heterocycles. The quantitative estimate of drug-likeness (QED) is 0.219. The fourth-order valence-corrected chi connectivity index (χ4v) is 3.79. The van der Waals surface area contributed by atoms with Gasteiger partial charge in [0.2, 0.25) is 0 Å². The fraction of sp³-hybridized carbons (Fsp3) is 0. The second-order valence-corrected chi connectivity index (χ2v) is 5.79. The van der Waals surface area contributed by atoms with E-state index in [4.69, 9.17) is 5.41 Å². The second-order valence-electron chi connectivity index (χ2n) is 5.79. The number of benzene rings is 5. The van der Waals surface area contributed by atoms with Crippen LogP contribution in [0.4, 0.5) is 5.69 Å². The van der Waals surface area contributed by atoms with Crippen LogP contribution in [-0.4, -0.2) is 6.01 Å². The van der Waals surface area contributed by atoms with Crippen LogP contribution < -0.4 is 0 Å². The largest absolute Gasteiger partial charge is 0.241 e. The number of nitrogens with zero attached hydrogens (tertiary/aromatic N) is 1. The Morgan fingerprint density at radius 2 is 1.17 bits per heavy atom. The molecule has 5 aromatic carbocycles. The summed E-state index contributed by atoms with van der Waals surface area (Å²) >= 11 is 0. The van der Waals surface area contributed by atoms with Gasteiger partial charge in [-0.3, -0.25) is 0 Å². The molecule has 0 spiro atoms. The Labute approximate surface area is 132 Å². The SMILES string of the molecule is N=C=Nc1ccc2c3cccc4cccc(c5cccc1c52)c43. The number of fused-ring (bicyclic) bond motifs is 2. The minimum atomic E-state index is 0.798. The average Bonchev–Trinajstić information content (AvgIpc) is 2.60. The van der Waals surface area contributed by atoms with Crippen LogP contribution in [0, 0.1) is 5.41 Å². The highest BCUT2D eigenvalue weighted by Gasteiger charge is 2.13. The molecule has 106 valence electrons. The topological polar surface area (TPSA) is 36.2 Å². The van der Waals surface area contributed by atoms with E-state index in [9.17, 15) is 0 Å². The molecule has 23 heavy (non-hydrogen) atoms. The van der Waals surface area contributed by atoms with Crippen molar-refractivity contribution < 1.29 is 0 Å². The standard InChI is InChI=1S/C21H12N2/c22-12-23-19-11-10-17-15-7-2-5-13-4-1-6-14(20(13)15)16-8-3-9-18(19)21(16)17/h1-11,22H. The maximum absolute atomic E-state index is 7.17. The summed E-state index contributed by atoms with van der Waals surface area (Å²) in [5, 5.41) is 17.1. The van der Waals surface area contributed by atoms with E-state index in [-0.39, 0.29) is 0 Å². The normalized spacial score (nSPS) is 11.5. The summed E-state index contributed by atoms with van der Waals surface area (Å²) in [5.41, 5.74) is 0.798. The molecule has 0 aliphatic rings. The molecule has 1 N–H and O–H groups in total. The third kappa shape index (κ3) is 1.53. The highest BCUT2D eigenvalue weighted by molar-refractivity contribution is 6.33. The second kappa shape index (κ2) is 4.39. The molecule has 0 atom stereocenters. The molecule has 2 nitrogen and oxygen atoms in total. The highest BCUT2D eigenvalue weighted by atomic mass is 14.7. The average molecular weight is 292 g/mol. The van der Waals surface area contributed by atoms with Crippen molar-refractivity contribution in [1.29, 1.82) is 5.41 Å². The molecule has 0 unspecified atom stereocenters. The van der Waals surface area contributed by atoms with Gasteiger partial charge in [0.15, 0.2) is 0 Å². The Balaban J connectivity index is 2.21. The molecule has 5 aromatic rings. The number of aliphatic imine (C=N–C) groups is 1. The first kappa shape index (κ1) is 12.3. The van der Waals surface area contributed by atoms with Gasteiger partial charge in [0.05, 0.1) is 11.7 Å². The van der Waals surface area contributed by atoms with Crippen molar-refractivity contribution in [2.75, 3.05) is 0 Å². The van der Waals surface area contributed by atoms with Crippen molar-refractivity contribution in [1.82, 2.24) is 0 Å². The smallest absolute Gasteiger partial charge is 0.0918 e. The van der Waals surface area contributed by atoms with Crippen molar-refractivity contribution in [3.8, 4) is 0 Å². The maximum atomic E-state index is 7.17. The third-order valence-electron chi connectivity index (χ3n) is 4.68. The summed E-state index contributed by atoms with van der Waals surface area (Å²) in [6.45, 7) is 0. The molecule has 5 rings (SSSR count). The van der Waals surface area contributed by atoms with Gasteiger partial charge in [0.25, 0.3) is 0 Å². The Morgan fingerprint density at radius 3 is 1.87 bits per heavy atom. The zero-order valence-corrected chi connectivity index (χ0v) is 12.3. The van der Waals surface area contributed by atoms with Crippen LogP contribution in [0.2, 0.25) is 0 Å². The molecule has 0 heterocycles. The lowest BCUT2D eigenvalue weighted by atomic mass is 9.89. The van der Waals surface area contributed by atoms with Crippen molar-refractivity contribution >= 4 is 54.8 Å². The van der Waals surface area contributed by atoms with Gasteiger partial charge >= 0.3 is 0 Å². The van der Waals surface area contributed by atoms with Crippen LogP contribution in [0.1, 0.15) is 0 Å². The molecule has 2 heteroatoms. The summed E-state index contributed by atoms with van der Waals surface area (Å²) in [6.07, 6.45) is 0. The lowest BCUT2D eigenvalue weighted by Gasteiger charge is -2.14. The lowest BCUT2D eigenvalue weighted by molar-refractivity contribution is 1.51. The van der Waals surface area contributed by atoms with Crippen LogP contribution in [0.5, 0.6) is 0 Å². The van der Waals surface area contributed by atoms with Gasteiger partial charge in [0, 0.05) is 5.39 Å². The fourth-order valence-electron chi connectivity index (χ4n) is 3.79. The van der Waals surface area contributed by atoms with Gasteiger partial charge in [-0.2, -0.15) is 4.99 Å². The van der Waals surface area contributed by atoms with E-state index in [1.807, 2.05) is 6.07 Å². The van der Waals surface area contributed by atoms with Gasteiger partial charge in [-0.05, 0) is 43.8 Å². The van der Waals surface area contributed by atoms with E-state index in [1.165, 1.54) is 37.7 Å². The van der Waals surface area contributed by atoms with E-state index >= 15 is 0 Å². The van der Waals surface area contributed by atoms with Gasteiger partial charge in [-0.1, -0.05) is 60.7 Å². The number of rotatable bonds is 1. The van der Waals surface area contributed by atoms with E-state index in [1.54, 1.807) is 0 Å². The van der Waals surface area contributed by atoms with Crippen LogP contribution in [0.25, 0.3) is 43.1 Å². The predicted molar refractivity (Wildman–Crippen MR) is 97.5 cm³/mol. The summed E-state index contributed by atoms with van der Waals surface area (Å²) < 4.78 is 0. The lowest BCUT2D eigenvalue weighted by Crippen LogP contribution is -1.86. The minimum Gasteiger partial charge on any atom is -0.241 e. The Kier molecular flexibility index (Phi) is 2.35. The summed E-state index contributed by atoms with van der Waals surface area (Å²) in [6, 6.07) is 25.5. The molecule has 0 aliphatic carbocycles. The van der Waals surface area contributed by atoms with Crippen molar-refractivity contribution in [2.45, 2.75) is 0 Å². The van der Waals surface area contributed by atoms with Crippen molar-refractivity contribution in [2.24, 2.45) is 4.99 Å². The van der Waals surface area contributed by atoms with Gasteiger partial charge in [0.1, 0.15) is 0 Å². The first-order chi connectivity index (χ1) is 11.4. The monoisotopic (exact) mass is 292 g/mol. The van der Waals surface area contributed by atoms with Crippen molar-refractivity contribution in [3.63, 3.8) is 0 Å². The summed E-state index contributed by atoms with van der Waals surface area (Å²) in [4.78, 5) is 4.10. The minimum absolute atomic E-state index is 0.798. The first-order valence-electron chi connectivity index (χ1n) is 7.59. The molecule has 0 aromatic heterocycles. The molecule has 0 saturated carbocycles. The molecule has 0 bridgehead atoms. The first-order valence-corrected chi connectivity index (χ1v) is 7.59. The molecule has 0 amide bonds. The van der Waals surface area contributed by atoms with E-state index in [2.05, 4.69) is 71.7 Å². The Bertz CT molecular complexity index is 1210. The third-order valence-corrected chi connectivity index (χ3v) is 4.68. The van der Waals surface area contributed by atoms with Crippen LogP contribution in [0.15, 0.2) is 71.7 Å². The summed E-state index contributed by atoms with van der Waals surface area (Å²) in [5.74, 6) is 0. The van der Waals surface area contributed by atoms with Crippen LogP contribution in [0.3, 0.4) is 0 Å². The molecule has 0 fully saturated rings. The maximum Gasteiger partial charge on any atom is 0.0918 e. The number of nitrogens with one attached hydrogen (secondary N) is 1. The Hall–Kier alpha value is -3.22. The zero-order chi connectivity index (χ0) is 15.4. The number of hydrogen-bond donors (Lipinski definition) is 1. The van der Waals surface area contributed by atoms with E-state index < -0.39 is 0 Å². The van der Waals surface area contributed by atoms with Gasteiger partial charge in [-0.25, -0.2) is 5.41 Å². The van der Waals surface area contributed by atoms with Crippen LogP contribution >= 0.6 is 0 Å². The number of hydrogen-bond acceptors (Lipinski definition) is 2. The van der Waals surface area contributed by atoms with Crippen LogP contribution in [-0.2, 0) is 0 Å². The van der Waals surface area contributed by atoms with Crippen molar-refractivity contribution in [3.05, 3.63) is 66.7 Å². The predicted octanol–water partition coefficient (Wildman–Crippen LogP) is 6.12. The molecular weight excluding hydrogens is 280 g/mol. The highest BCUT2D eigenvalue weighted by Crippen LogP contribution is 2.42. The molecule has 0 saturated heterocycles. The van der Waals surface area contributed by atoms with E-state index in [0.717, 1.165) is 11.1 Å². The summed E-state index contributed by atoms with van der Waals surface area (Å²) in [7, 11) is 0. The molecule has 0 radical (unpaired) electrons.